The van der Waals surface area contributed by atoms with Crippen molar-refractivity contribution < 1.29 is 9.13 Å². The molecule has 78 valence electrons. The van der Waals surface area contributed by atoms with Crippen molar-refractivity contribution >= 4 is 23.4 Å². The SMILES string of the molecule is COCCCSc1nc(Cl)ncc1F. The first-order chi connectivity index (χ1) is 6.74. The fraction of sp³-hybridized carbons (Fsp3) is 0.500. The Morgan fingerprint density at radius 2 is 2.43 bits per heavy atom. The van der Waals surface area contributed by atoms with Gasteiger partial charge < -0.3 is 4.74 Å². The minimum atomic E-state index is -0.434. The second kappa shape index (κ2) is 6.16. The number of rotatable bonds is 5. The van der Waals surface area contributed by atoms with Crippen LogP contribution in [0.15, 0.2) is 11.2 Å². The molecule has 6 heteroatoms. The smallest absolute Gasteiger partial charge is 0.223 e. The number of hydrogen-bond donors (Lipinski definition) is 0. The van der Waals surface area contributed by atoms with E-state index < -0.39 is 5.82 Å². The molecule has 1 aromatic heterocycles. The highest BCUT2D eigenvalue weighted by Gasteiger charge is 2.05. The van der Waals surface area contributed by atoms with Crippen LogP contribution < -0.4 is 0 Å². The van der Waals surface area contributed by atoms with Crippen LogP contribution in [0.2, 0.25) is 5.28 Å². The fourth-order valence-corrected chi connectivity index (χ4v) is 1.79. The zero-order valence-corrected chi connectivity index (χ0v) is 9.24. The summed E-state index contributed by atoms with van der Waals surface area (Å²) in [7, 11) is 1.63. The second-order valence-electron chi connectivity index (χ2n) is 2.49. The number of thioether (sulfide) groups is 1. The molecule has 0 saturated carbocycles. The van der Waals surface area contributed by atoms with Crippen molar-refractivity contribution in [3.05, 3.63) is 17.3 Å². The molecule has 0 radical (unpaired) electrons. The molecule has 0 unspecified atom stereocenters. The zero-order valence-electron chi connectivity index (χ0n) is 7.67. The molecule has 0 bridgehead atoms. The van der Waals surface area contributed by atoms with Gasteiger partial charge in [-0.3, -0.25) is 0 Å². The molecule has 14 heavy (non-hydrogen) atoms. The van der Waals surface area contributed by atoms with Crippen LogP contribution in [0.1, 0.15) is 6.42 Å². The summed E-state index contributed by atoms with van der Waals surface area (Å²) in [5, 5.41) is 0.363. The summed E-state index contributed by atoms with van der Waals surface area (Å²) in [4.78, 5) is 7.30. The summed E-state index contributed by atoms with van der Waals surface area (Å²) >= 11 is 6.84. The van der Waals surface area contributed by atoms with Crippen molar-refractivity contribution in [3.8, 4) is 0 Å². The van der Waals surface area contributed by atoms with Gasteiger partial charge in [-0.25, -0.2) is 14.4 Å². The number of hydrogen-bond acceptors (Lipinski definition) is 4. The van der Waals surface area contributed by atoms with Gasteiger partial charge in [-0.1, -0.05) is 0 Å². The molecular weight excluding hydrogens is 227 g/mol. The lowest BCUT2D eigenvalue weighted by molar-refractivity contribution is 0.200. The molecule has 1 heterocycles. The monoisotopic (exact) mass is 236 g/mol. The second-order valence-corrected chi connectivity index (χ2v) is 3.91. The Balaban J connectivity index is 2.45. The van der Waals surface area contributed by atoms with Crippen LogP contribution in [0.4, 0.5) is 4.39 Å². The van der Waals surface area contributed by atoms with Gasteiger partial charge in [0, 0.05) is 19.5 Å². The Kier molecular flexibility index (Phi) is 5.14. The third-order valence-corrected chi connectivity index (χ3v) is 2.65. The molecule has 0 aliphatic carbocycles. The number of methoxy groups -OCH3 is 1. The topological polar surface area (TPSA) is 35.0 Å². The molecule has 0 aliphatic heterocycles. The predicted molar refractivity (Wildman–Crippen MR) is 54.2 cm³/mol. The summed E-state index contributed by atoms with van der Waals surface area (Å²) in [5.41, 5.74) is 0. The highest BCUT2D eigenvalue weighted by atomic mass is 35.5. The maximum atomic E-state index is 13.0. The van der Waals surface area contributed by atoms with Gasteiger partial charge in [0.05, 0.1) is 6.20 Å². The number of halogens is 2. The van der Waals surface area contributed by atoms with Gasteiger partial charge in [0.2, 0.25) is 5.28 Å². The maximum Gasteiger partial charge on any atom is 0.223 e. The highest BCUT2D eigenvalue weighted by molar-refractivity contribution is 7.99. The normalized spacial score (nSPS) is 10.5. The molecule has 0 amide bonds. The van der Waals surface area contributed by atoms with Crippen LogP contribution >= 0.6 is 23.4 Å². The first-order valence-electron chi connectivity index (χ1n) is 4.04. The standard InChI is InChI=1S/C8H10ClFN2OS/c1-13-3-2-4-14-7-6(10)5-11-8(9)12-7/h5H,2-4H2,1H3. The van der Waals surface area contributed by atoms with E-state index in [0.29, 0.717) is 11.6 Å². The van der Waals surface area contributed by atoms with E-state index in [-0.39, 0.29) is 5.28 Å². The van der Waals surface area contributed by atoms with E-state index in [1.165, 1.54) is 11.8 Å². The molecule has 0 N–H and O–H groups in total. The van der Waals surface area contributed by atoms with Gasteiger partial charge >= 0.3 is 0 Å². The van der Waals surface area contributed by atoms with Crippen molar-refractivity contribution in [1.29, 1.82) is 0 Å². The van der Waals surface area contributed by atoms with Crippen molar-refractivity contribution in [2.75, 3.05) is 19.5 Å². The molecule has 0 atom stereocenters. The summed E-state index contributed by atoms with van der Waals surface area (Å²) in [6.45, 7) is 0.660. The highest BCUT2D eigenvalue weighted by Crippen LogP contribution is 2.20. The van der Waals surface area contributed by atoms with Crippen LogP contribution in [-0.2, 0) is 4.74 Å². The van der Waals surface area contributed by atoms with E-state index in [9.17, 15) is 4.39 Å². The summed E-state index contributed by atoms with van der Waals surface area (Å²) in [6.07, 6.45) is 1.93. The van der Waals surface area contributed by atoms with E-state index in [1.807, 2.05) is 0 Å². The summed E-state index contributed by atoms with van der Waals surface area (Å²) < 4.78 is 17.9. The van der Waals surface area contributed by atoms with Crippen molar-refractivity contribution in [2.45, 2.75) is 11.4 Å². The lowest BCUT2D eigenvalue weighted by Gasteiger charge is -2.01. The first-order valence-corrected chi connectivity index (χ1v) is 5.40. The molecule has 1 aromatic rings. The Bertz CT molecular complexity index is 301. The molecule has 1 rings (SSSR count). The van der Waals surface area contributed by atoms with Crippen LogP contribution in [-0.4, -0.2) is 29.4 Å². The molecule has 0 fully saturated rings. The number of aromatic nitrogens is 2. The van der Waals surface area contributed by atoms with Crippen LogP contribution in [0.5, 0.6) is 0 Å². The van der Waals surface area contributed by atoms with Gasteiger partial charge in [-0.05, 0) is 18.0 Å². The van der Waals surface area contributed by atoms with E-state index in [2.05, 4.69) is 9.97 Å². The lowest BCUT2D eigenvalue weighted by atomic mass is 10.5. The molecular formula is C8H10ClFN2OS. The average molecular weight is 237 g/mol. The van der Waals surface area contributed by atoms with Gasteiger partial charge in [-0.2, -0.15) is 0 Å². The largest absolute Gasteiger partial charge is 0.385 e. The number of nitrogens with zero attached hydrogens (tertiary/aromatic N) is 2. The predicted octanol–water partition coefficient (Wildman–Crippen LogP) is 2.40. The first kappa shape index (κ1) is 11.7. The van der Waals surface area contributed by atoms with Gasteiger partial charge in [0.15, 0.2) is 5.82 Å². The van der Waals surface area contributed by atoms with E-state index >= 15 is 0 Å². The van der Waals surface area contributed by atoms with Gasteiger partial charge in [-0.15, -0.1) is 11.8 Å². The quantitative estimate of drug-likeness (QED) is 0.340. The molecule has 0 aromatic carbocycles. The van der Waals surface area contributed by atoms with Crippen LogP contribution in [0, 0.1) is 5.82 Å². The summed E-state index contributed by atoms with van der Waals surface area (Å²) in [6, 6.07) is 0. The van der Waals surface area contributed by atoms with Crippen molar-refractivity contribution in [3.63, 3.8) is 0 Å². The van der Waals surface area contributed by atoms with Crippen molar-refractivity contribution in [2.24, 2.45) is 0 Å². The van der Waals surface area contributed by atoms with E-state index in [0.717, 1.165) is 18.4 Å². The zero-order chi connectivity index (χ0) is 10.4. The lowest BCUT2D eigenvalue weighted by Crippen LogP contribution is -1.94. The Hall–Kier alpha value is -0.390. The number of ether oxygens (including phenoxy) is 1. The fourth-order valence-electron chi connectivity index (χ4n) is 0.805. The molecule has 3 nitrogen and oxygen atoms in total. The Morgan fingerprint density at radius 3 is 3.14 bits per heavy atom. The average Bonchev–Trinajstić information content (AvgIpc) is 2.18. The maximum absolute atomic E-state index is 13.0. The Morgan fingerprint density at radius 1 is 1.64 bits per heavy atom. The molecule has 0 aliphatic rings. The third-order valence-electron chi connectivity index (χ3n) is 1.41. The molecule has 0 spiro atoms. The minimum Gasteiger partial charge on any atom is -0.385 e. The van der Waals surface area contributed by atoms with Crippen LogP contribution in [0.3, 0.4) is 0 Å². The van der Waals surface area contributed by atoms with Crippen molar-refractivity contribution in [1.82, 2.24) is 9.97 Å². The molecule has 0 saturated heterocycles. The van der Waals surface area contributed by atoms with Gasteiger partial charge in [0.25, 0.3) is 0 Å². The third kappa shape index (κ3) is 3.77. The van der Waals surface area contributed by atoms with E-state index in [1.54, 1.807) is 7.11 Å². The van der Waals surface area contributed by atoms with Crippen LogP contribution in [0.25, 0.3) is 0 Å². The Labute approximate surface area is 91.0 Å². The summed E-state index contributed by atoms with van der Waals surface area (Å²) in [5.74, 6) is 0.315. The van der Waals surface area contributed by atoms with Gasteiger partial charge in [0.1, 0.15) is 5.03 Å². The minimum absolute atomic E-state index is 0.0700. The van der Waals surface area contributed by atoms with E-state index in [4.69, 9.17) is 16.3 Å².